The van der Waals surface area contributed by atoms with Crippen LogP contribution in [0.15, 0.2) is 42.6 Å². The van der Waals surface area contributed by atoms with E-state index in [0.29, 0.717) is 25.2 Å². The van der Waals surface area contributed by atoms with E-state index in [2.05, 4.69) is 10.4 Å². The Morgan fingerprint density at radius 3 is 2.36 bits per heavy atom. The van der Waals surface area contributed by atoms with Gasteiger partial charge in [0, 0.05) is 29.9 Å². The van der Waals surface area contributed by atoms with Crippen molar-refractivity contribution in [3.05, 3.63) is 71.6 Å². The lowest BCUT2D eigenvalue weighted by Gasteiger charge is -2.28. The molecule has 1 aromatic heterocycles. The second kappa shape index (κ2) is 6.99. The van der Waals surface area contributed by atoms with E-state index >= 15 is 0 Å². The maximum atomic E-state index is 13.3. The summed E-state index contributed by atoms with van der Waals surface area (Å²) in [6, 6.07) is 6.77. The molecule has 0 aliphatic carbocycles. The summed E-state index contributed by atoms with van der Waals surface area (Å²) in [5.74, 6) is -4.72. The topological polar surface area (TPSA) is 50.2 Å². The van der Waals surface area contributed by atoms with E-state index in [4.69, 9.17) is 0 Å². The number of nitrogens with zero attached hydrogens (tertiary/aromatic N) is 3. The first kappa shape index (κ1) is 18.0. The maximum Gasteiger partial charge on any atom is 0.322 e. The van der Waals surface area contributed by atoms with Gasteiger partial charge in [0.15, 0.2) is 17.5 Å². The minimum absolute atomic E-state index is 0.181. The molecule has 0 fully saturated rings. The summed E-state index contributed by atoms with van der Waals surface area (Å²) in [4.78, 5) is 13.9. The molecule has 28 heavy (non-hydrogen) atoms. The molecule has 1 N–H and O–H groups in total. The maximum absolute atomic E-state index is 13.3. The van der Waals surface area contributed by atoms with E-state index in [-0.39, 0.29) is 18.0 Å². The first-order chi connectivity index (χ1) is 13.4. The van der Waals surface area contributed by atoms with Crippen LogP contribution in [0.3, 0.4) is 0 Å². The van der Waals surface area contributed by atoms with Crippen molar-refractivity contribution in [2.24, 2.45) is 0 Å². The molecule has 4 rings (SSSR count). The third kappa shape index (κ3) is 3.30. The molecule has 2 heterocycles. The Labute approximate surface area is 157 Å². The van der Waals surface area contributed by atoms with Gasteiger partial charge in [-0.05, 0) is 17.7 Å². The number of amides is 2. The van der Waals surface area contributed by atoms with Crippen molar-refractivity contribution in [2.45, 2.75) is 13.1 Å². The number of fused-ring (bicyclic) bond motifs is 1. The summed E-state index contributed by atoms with van der Waals surface area (Å²) in [6.45, 7) is 0.955. The van der Waals surface area contributed by atoms with Crippen LogP contribution in [0.1, 0.15) is 5.69 Å². The molecule has 1 aliphatic rings. The predicted molar refractivity (Wildman–Crippen MR) is 93.4 cm³/mol. The molecule has 2 amide bonds. The Bertz CT molecular complexity index is 1030. The highest BCUT2D eigenvalue weighted by Crippen LogP contribution is 2.27. The molecular formula is C19H14F4N4O. The number of aromatic nitrogens is 2. The van der Waals surface area contributed by atoms with Gasteiger partial charge in [0.2, 0.25) is 0 Å². The largest absolute Gasteiger partial charge is 0.322 e. The van der Waals surface area contributed by atoms with Crippen LogP contribution < -0.4 is 5.32 Å². The Morgan fingerprint density at radius 1 is 1.00 bits per heavy atom. The number of carbonyl (C=O) groups is 1. The van der Waals surface area contributed by atoms with E-state index in [1.165, 1.54) is 17.0 Å². The highest BCUT2D eigenvalue weighted by Gasteiger charge is 2.25. The third-order valence-corrected chi connectivity index (χ3v) is 4.55. The van der Waals surface area contributed by atoms with E-state index < -0.39 is 23.5 Å². The Kier molecular flexibility index (Phi) is 4.50. The fraction of sp³-hybridized carbons (Fsp3) is 0.158. The lowest BCUT2D eigenvalue weighted by Crippen LogP contribution is -2.41. The van der Waals surface area contributed by atoms with Crippen LogP contribution in [0.2, 0.25) is 0 Å². The number of carbonyl (C=O) groups excluding carboxylic acids is 1. The third-order valence-electron chi connectivity index (χ3n) is 4.55. The minimum Gasteiger partial charge on any atom is -0.317 e. The Hall–Kier alpha value is -3.36. The zero-order valence-corrected chi connectivity index (χ0v) is 14.4. The van der Waals surface area contributed by atoms with Crippen LogP contribution >= 0.6 is 0 Å². The molecule has 0 bridgehead atoms. The van der Waals surface area contributed by atoms with Crippen LogP contribution in [-0.2, 0) is 13.1 Å². The number of benzene rings is 2. The van der Waals surface area contributed by atoms with Crippen molar-refractivity contribution in [3.63, 3.8) is 0 Å². The molecular weight excluding hydrogens is 376 g/mol. The monoisotopic (exact) mass is 390 g/mol. The molecule has 144 valence electrons. The molecule has 1 aliphatic heterocycles. The van der Waals surface area contributed by atoms with Crippen molar-refractivity contribution >= 4 is 11.7 Å². The molecule has 0 saturated heterocycles. The number of halogens is 4. The van der Waals surface area contributed by atoms with Crippen molar-refractivity contribution in [1.29, 1.82) is 0 Å². The van der Waals surface area contributed by atoms with Crippen molar-refractivity contribution in [3.8, 4) is 11.1 Å². The molecule has 5 nitrogen and oxygen atoms in total. The van der Waals surface area contributed by atoms with Gasteiger partial charge in [-0.15, -0.1) is 0 Å². The van der Waals surface area contributed by atoms with Crippen molar-refractivity contribution < 1.29 is 22.4 Å². The lowest BCUT2D eigenvalue weighted by molar-refractivity contribution is 0.194. The lowest BCUT2D eigenvalue weighted by atomic mass is 10.1. The summed E-state index contributed by atoms with van der Waals surface area (Å²) in [7, 11) is 0. The summed E-state index contributed by atoms with van der Waals surface area (Å²) in [5, 5.41) is 6.66. The second-order valence-electron chi connectivity index (χ2n) is 6.34. The molecule has 0 atom stereocenters. The first-order valence-corrected chi connectivity index (χ1v) is 8.43. The molecule has 0 saturated carbocycles. The number of hydrogen-bond acceptors (Lipinski definition) is 2. The quantitative estimate of drug-likeness (QED) is 0.528. The number of urea groups is 1. The summed E-state index contributed by atoms with van der Waals surface area (Å²) >= 11 is 0. The fourth-order valence-corrected chi connectivity index (χ4v) is 3.12. The molecule has 0 spiro atoms. The van der Waals surface area contributed by atoms with Gasteiger partial charge in [0.25, 0.3) is 0 Å². The highest BCUT2D eigenvalue weighted by atomic mass is 19.2. The number of nitrogens with one attached hydrogen (secondary N) is 1. The SMILES string of the molecule is O=C(Nc1cc(F)c(F)c(F)c1)N1CCn2ncc(-c3ccc(F)cc3)c2C1. The molecule has 0 radical (unpaired) electrons. The summed E-state index contributed by atoms with van der Waals surface area (Å²) in [5.41, 5.74) is 2.09. The average molecular weight is 390 g/mol. The highest BCUT2D eigenvalue weighted by molar-refractivity contribution is 5.89. The minimum atomic E-state index is -1.59. The van der Waals surface area contributed by atoms with Gasteiger partial charge in [-0.25, -0.2) is 22.4 Å². The van der Waals surface area contributed by atoms with Crippen LogP contribution in [0.5, 0.6) is 0 Å². The van der Waals surface area contributed by atoms with Crippen molar-refractivity contribution in [2.75, 3.05) is 11.9 Å². The van der Waals surface area contributed by atoms with Crippen LogP contribution in [0.25, 0.3) is 11.1 Å². The van der Waals surface area contributed by atoms with E-state index in [0.717, 1.165) is 16.8 Å². The summed E-state index contributed by atoms with van der Waals surface area (Å²) in [6.07, 6.45) is 1.65. The number of rotatable bonds is 2. The molecule has 9 heteroatoms. The van der Waals surface area contributed by atoms with Gasteiger partial charge in [0.05, 0.1) is 25.0 Å². The van der Waals surface area contributed by atoms with Gasteiger partial charge < -0.3 is 10.2 Å². The van der Waals surface area contributed by atoms with E-state index in [1.807, 2.05) is 0 Å². The van der Waals surface area contributed by atoms with Gasteiger partial charge in [0.1, 0.15) is 5.82 Å². The number of hydrogen-bond donors (Lipinski definition) is 1. The Morgan fingerprint density at radius 2 is 1.68 bits per heavy atom. The summed E-state index contributed by atoms with van der Waals surface area (Å²) < 4.78 is 54.6. The zero-order chi connectivity index (χ0) is 19.8. The molecule has 3 aromatic rings. The first-order valence-electron chi connectivity index (χ1n) is 8.43. The van der Waals surface area contributed by atoms with E-state index in [1.54, 1.807) is 23.0 Å². The Balaban J connectivity index is 1.54. The second-order valence-corrected chi connectivity index (χ2v) is 6.34. The molecule has 0 unspecified atom stereocenters. The molecule has 2 aromatic carbocycles. The van der Waals surface area contributed by atoms with Crippen LogP contribution in [0.4, 0.5) is 28.0 Å². The van der Waals surface area contributed by atoms with Crippen LogP contribution in [0, 0.1) is 23.3 Å². The zero-order valence-electron chi connectivity index (χ0n) is 14.4. The normalized spacial score (nSPS) is 13.4. The average Bonchev–Trinajstić information content (AvgIpc) is 3.10. The van der Waals surface area contributed by atoms with Gasteiger partial charge in [-0.3, -0.25) is 4.68 Å². The van der Waals surface area contributed by atoms with Gasteiger partial charge in [-0.1, -0.05) is 12.1 Å². The van der Waals surface area contributed by atoms with E-state index in [9.17, 15) is 22.4 Å². The standard InChI is InChI=1S/C19H14F4N4O/c20-12-3-1-11(2-4-12)14-9-24-27-6-5-26(10-17(14)27)19(28)25-13-7-15(21)18(23)16(22)8-13/h1-4,7-9H,5-6,10H2,(H,25,28). The smallest absolute Gasteiger partial charge is 0.317 e. The number of anilines is 1. The predicted octanol–water partition coefficient (Wildman–Crippen LogP) is 4.15. The van der Waals surface area contributed by atoms with Crippen LogP contribution in [-0.4, -0.2) is 27.3 Å². The van der Waals surface area contributed by atoms with Gasteiger partial charge in [-0.2, -0.15) is 5.10 Å². The van der Waals surface area contributed by atoms with Gasteiger partial charge >= 0.3 is 6.03 Å². The van der Waals surface area contributed by atoms with Crippen molar-refractivity contribution in [1.82, 2.24) is 14.7 Å². The fourth-order valence-electron chi connectivity index (χ4n) is 3.12.